The van der Waals surface area contributed by atoms with E-state index in [-0.39, 0.29) is 0 Å². The van der Waals surface area contributed by atoms with Crippen molar-refractivity contribution >= 4 is 12.0 Å². The van der Waals surface area contributed by atoms with Crippen molar-refractivity contribution in [3.8, 4) is 0 Å². The van der Waals surface area contributed by atoms with Gasteiger partial charge < -0.3 is 20.2 Å². The third kappa shape index (κ3) is 2.16. The van der Waals surface area contributed by atoms with Crippen molar-refractivity contribution in [3.63, 3.8) is 0 Å². The number of carboxylic acids is 1. The van der Waals surface area contributed by atoms with Crippen LogP contribution in [-0.2, 0) is 11.3 Å². The number of urea groups is 1. The molecular formula is C10H12N2O4. The molecule has 0 radical (unpaired) electrons. The predicted molar refractivity (Wildman–Crippen MR) is 53.7 cm³/mol. The van der Waals surface area contributed by atoms with Gasteiger partial charge in [-0.15, -0.1) is 0 Å². The molecule has 1 fully saturated rings. The van der Waals surface area contributed by atoms with Crippen LogP contribution in [-0.4, -0.2) is 22.6 Å². The maximum Gasteiger partial charge on any atom is 0.329 e. The zero-order valence-corrected chi connectivity index (χ0v) is 8.53. The fourth-order valence-electron chi connectivity index (χ4n) is 1.35. The number of carbonyl (C=O) groups excluding carboxylic acids is 1. The summed E-state index contributed by atoms with van der Waals surface area (Å²) in [5, 5.41) is 13.9. The summed E-state index contributed by atoms with van der Waals surface area (Å²) in [5.74, 6) is -0.981. The molecule has 1 heterocycles. The van der Waals surface area contributed by atoms with E-state index in [4.69, 9.17) is 9.52 Å². The fourth-order valence-corrected chi connectivity index (χ4v) is 1.35. The van der Waals surface area contributed by atoms with Crippen LogP contribution in [0.4, 0.5) is 4.79 Å². The number of hydrogen-bond donors (Lipinski definition) is 3. The van der Waals surface area contributed by atoms with Crippen LogP contribution in [0.1, 0.15) is 18.4 Å². The van der Waals surface area contributed by atoms with Crippen molar-refractivity contribution in [3.05, 3.63) is 24.2 Å². The van der Waals surface area contributed by atoms with Crippen LogP contribution in [0.2, 0.25) is 0 Å². The Bertz CT molecular complexity index is 395. The van der Waals surface area contributed by atoms with Gasteiger partial charge in [0, 0.05) is 12.1 Å². The van der Waals surface area contributed by atoms with Crippen LogP contribution >= 0.6 is 0 Å². The van der Waals surface area contributed by atoms with E-state index in [0.29, 0.717) is 19.4 Å². The molecule has 1 saturated carbocycles. The van der Waals surface area contributed by atoms with Gasteiger partial charge in [0.2, 0.25) is 0 Å². The summed E-state index contributed by atoms with van der Waals surface area (Å²) < 4.78 is 4.83. The lowest BCUT2D eigenvalue weighted by Crippen LogP contribution is -2.47. The predicted octanol–water partition coefficient (Wildman–Crippen LogP) is 0.696. The second-order valence-electron chi connectivity index (χ2n) is 3.83. The highest BCUT2D eigenvalue weighted by molar-refractivity contribution is 5.88. The maximum atomic E-state index is 11.4. The number of rotatable bonds is 4. The zero-order valence-electron chi connectivity index (χ0n) is 8.53. The molecule has 0 unspecified atom stereocenters. The van der Waals surface area contributed by atoms with Crippen LogP contribution in [0, 0.1) is 0 Å². The lowest BCUT2D eigenvalue weighted by Gasteiger charge is -2.12. The van der Waals surface area contributed by atoms with Crippen molar-refractivity contribution < 1.29 is 19.1 Å². The molecule has 2 rings (SSSR count). The first-order chi connectivity index (χ1) is 7.62. The van der Waals surface area contributed by atoms with Gasteiger partial charge in [-0.25, -0.2) is 9.59 Å². The quantitative estimate of drug-likeness (QED) is 0.701. The van der Waals surface area contributed by atoms with E-state index in [1.807, 2.05) is 0 Å². The fraction of sp³-hybridized carbons (Fsp3) is 0.400. The van der Waals surface area contributed by atoms with Crippen molar-refractivity contribution in [1.29, 1.82) is 0 Å². The number of nitrogens with one attached hydrogen (secondary N) is 2. The number of carbonyl (C=O) groups is 2. The van der Waals surface area contributed by atoms with Crippen molar-refractivity contribution in [1.82, 2.24) is 10.6 Å². The Kier molecular flexibility index (Phi) is 2.55. The third-order valence-electron chi connectivity index (χ3n) is 2.55. The standard InChI is InChI=1S/C10H12N2O4/c13-8(14)10(2-3-10)12-9(15)11-5-7-1-4-16-6-7/h1,4,6H,2-3,5H2,(H,13,14)(H2,11,12,15). The van der Waals surface area contributed by atoms with Crippen molar-refractivity contribution in [2.24, 2.45) is 0 Å². The molecule has 1 aromatic heterocycles. The molecule has 1 aliphatic carbocycles. The van der Waals surface area contributed by atoms with Gasteiger partial charge in [-0.1, -0.05) is 0 Å². The normalized spacial score (nSPS) is 16.5. The van der Waals surface area contributed by atoms with Gasteiger partial charge >= 0.3 is 12.0 Å². The molecule has 0 atom stereocenters. The second kappa shape index (κ2) is 3.88. The van der Waals surface area contributed by atoms with Gasteiger partial charge in [0.15, 0.2) is 0 Å². The van der Waals surface area contributed by atoms with E-state index in [9.17, 15) is 9.59 Å². The molecule has 6 nitrogen and oxygen atoms in total. The molecular weight excluding hydrogens is 212 g/mol. The summed E-state index contributed by atoms with van der Waals surface area (Å²) in [4.78, 5) is 22.2. The summed E-state index contributed by atoms with van der Waals surface area (Å²) in [6.45, 7) is 0.317. The Balaban J connectivity index is 1.79. The van der Waals surface area contributed by atoms with Crippen LogP contribution in [0.15, 0.2) is 23.0 Å². The molecule has 0 spiro atoms. The largest absolute Gasteiger partial charge is 0.480 e. The number of aliphatic carboxylic acids is 1. The molecule has 2 amide bonds. The van der Waals surface area contributed by atoms with E-state index < -0.39 is 17.5 Å². The highest BCUT2D eigenvalue weighted by Gasteiger charge is 2.51. The molecule has 0 saturated heterocycles. The Morgan fingerprint density at radius 3 is 2.75 bits per heavy atom. The first kappa shape index (κ1) is 10.5. The number of carboxylic acid groups (broad SMARTS) is 1. The molecule has 16 heavy (non-hydrogen) atoms. The smallest absolute Gasteiger partial charge is 0.329 e. The molecule has 6 heteroatoms. The second-order valence-corrected chi connectivity index (χ2v) is 3.83. The van der Waals surface area contributed by atoms with Gasteiger partial charge in [0.1, 0.15) is 5.54 Å². The monoisotopic (exact) mass is 224 g/mol. The minimum absolute atomic E-state index is 0.317. The summed E-state index contributed by atoms with van der Waals surface area (Å²) in [6, 6.07) is 1.26. The Labute approximate surface area is 91.6 Å². The van der Waals surface area contributed by atoms with Gasteiger partial charge in [-0.2, -0.15) is 0 Å². The molecule has 0 aromatic carbocycles. The van der Waals surface area contributed by atoms with Crippen molar-refractivity contribution in [2.75, 3.05) is 0 Å². The van der Waals surface area contributed by atoms with E-state index in [1.165, 1.54) is 12.5 Å². The zero-order chi connectivity index (χ0) is 11.6. The molecule has 1 aliphatic rings. The van der Waals surface area contributed by atoms with Crippen LogP contribution in [0.25, 0.3) is 0 Å². The summed E-state index contributed by atoms with van der Waals surface area (Å²) in [7, 11) is 0. The summed E-state index contributed by atoms with van der Waals surface area (Å²) in [5.41, 5.74) is -0.212. The molecule has 86 valence electrons. The first-order valence-corrected chi connectivity index (χ1v) is 4.93. The van der Waals surface area contributed by atoms with Crippen LogP contribution < -0.4 is 10.6 Å². The minimum atomic E-state index is -1.04. The highest BCUT2D eigenvalue weighted by Crippen LogP contribution is 2.35. The molecule has 1 aromatic rings. The molecule has 3 N–H and O–H groups in total. The van der Waals surface area contributed by atoms with Gasteiger partial charge in [0.05, 0.1) is 12.5 Å². The van der Waals surface area contributed by atoms with Gasteiger partial charge in [-0.3, -0.25) is 0 Å². The maximum absolute atomic E-state index is 11.4. The first-order valence-electron chi connectivity index (χ1n) is 4.93. The molecule has 0 bridgehead atoms. The minimum Gasteiger partial charge on any atom is -0.480 e. The Hall–Kier alpha value is -1.98. The Morgan fingerprint density at radius 2 is 2.25 bits per heavy atom. The van der Waals surface area contributed by atoms with Gasteiger partial charge in [-0.05, 0) is 18.9 Å². The van der Waals surface area contributed by atoms with Gasteiger partial charge in [0.25, 0.3) is 0 Å². The van der Waals surface area contributed by atoms with E-state index >= 15 is 0 Å². The number of furan rings is 1. The number of amides is 2. The third-order valence-corrected chi connectivity index (χ3v) is 2.55. The van der Waals surface area contributed by atoms with Crippen molar-refractivity contribution in [2.45, 2.75) is 24.9 Å². The average Bonchev–Trinajstić information content (AvgIpc) is 2.84. The lowest BCUT2D eigenvalue weighted by molar-refractivity contribution is -0.140. The highest BCUT2D eigenvalue weighted by atomic mass is 16.4. The van der Waals surface area contributed by atoms with E-state index in [2.05, 4.69) is 10.6 Å². The number of hydrogen-bond acceptors (Lipinski definition) is 3. The van der Waals surface area contributed by atoms with E-state index in [1.54, 1.807) is 6.07 Å². The average molecular weight is 224 g/mol. The van der Waals surface area contributed by atoms with Crippen LogP contribution in [0.3, 0.4) is 0 Å². The summed E-state index contributed by atoms with van der Waals surface area (Å²) >= 11 is 0. The topological polar surface area (TPSA) is 91.6 Å². The lowest BCUT2D eigenvalue weighted by atomic mass is 10.3. The van der Waals surface area contributed by atoms with E-state index in [0.717, 1.165) is 5.56 Å². The van der Waals surface area contributed by atoms with Crippen LogP contribution in [0.5, 0.6) is 0 Å². The summed E-state index contributed by atoms with van der Waals surface area (Å²) in [6.07, 6.45) is 4.00. The SMILES string of the molecule is O=C(NCc1ccoc1)NC1(C(=O)O)CC1. The Morgan fingerprint density at radius 1 is 1.50 bits per heavy atom. The molecule has 0 aliphatic heterocycles.